The second-order valence-corrected chi connectivity index (χ2v) is 3.90. The van der Waals surface area contributed by atoms with E-state index in [4.69, 9.17) is 0 Å². The van der Waals surface area contributed by atoms with Crippen LogP contribution in [0.5, 0.6) is 0 Å². The minimum Gasteiger partial charge on any atom is -0.258 e. The van der Waals surface area contributed by atoms with Crippen molar-refractivity contribution in [3.8, 4) is 5.69 Å². The molecule has 0 amide bonds. The fraction of sp³-hybridized carbons (Fsp3) is 0.200. The lowest BCUT2D eigenvalue weighted by atomic mass is 10.2. The molecule has 7 nitrogen and oxygen atoms in total. The summed E-state index contributed by atoms with van der Waals surface area (Å²) in [5.74, 6) is -3.19. The van der Waals surface area contributed by atoms with E-state index in [9.17, 15) is 32.5 Å². The highest BCUT2D eigenvalue weighted by atomic mass is 19.3. The van der Waals surface area contributed by atoms with E-state index in [1.54, 1.807) is 0 Å². The van der Waals surface area contributed by atoms with E-state index in [0.717, 1.165) is 6.92 Å². The van der Waals surface area contributed by atoms with Gasteiger partial charge in [-0.25, -0.2) is 13.8 Å². The first-order valence-corrected chi connectivity index (χ1v) is 5.34. The number of aromatic nitrogens is 3. The normalized spacial score (nSPS) is 11.1. The van der Waals surface area contributed by atoms with Gasteiger partial charge in [0.1, 0.15) is 11.5 Å². The standard InChI is InChI=1S/C10H6F4N4O3/c1-4-15-17(10(19)16(4)9(13)14)7-2-6(12)8(18(20)21)3-5(7)11/h2-3,9H,1H3. The zero-order valence-corrected chi connectivity index (χ0v) is 10.3. The first-order chi connectivity index (χ1) is 9.73. The summed E-state index contributed by atoms with van der Waals surface area (Å²) in [6, 6.07) is 0.588. The van der Waals surface area contributed by atoms with Gasteiger partial charge in [0.2, 0.25) is 5.82 Å². The Bertz CT molecular complexity index is 783. The van der Waals surface area contributed by atoms with E-state index in [-0.39, 0.29) is 15.3 Å². The Labute approximate surface area is 113 Å². The van der Waals surface area contributed by atoms with Crippen molar-refractivity contribution >= 4 is 5.69 Å². The van der Waals surface area contributed by atoms with Crippen molar-refractivity contribution in [2.24, 2.45) is 0 Å². The number of halogens is 4. The van der Waals surface area contributed by atoms with Gasteiger partial charge in [0, 0.05) is 6.07 Å². The number of hydrogen-bond donors (Lipinski definition) is 0. The highest BCUT2D eigenvalue weighted by molar-refractivity contribution is 5.43. The number of rotatable bonds is 3. The van der Waals surface area contributed by atoms with Crippen LogP contribution in [0.3, 0.4) is 0 Å². The zero-order chi connectivity index (χ0) is 15.9. The highest BCUT2D eigenvalue weighted by Gasteiger charge is 2.24. The van der Waals surface area contributed by atoms with Gasteiger partial charge in [0.05, 0.1) is 11.0 Å². The number of benzene rings is 1. The van der Waals surface area contributed by atoms with Crippen molar-refractivity contribution in [3.63, 3.8) is 0 Å². The van der Waals surface area contributed by atoms with Gasteiger partial charge in [0.15, 0.2) is 5.82 Å². The average molecular weight is 306 g/mol. The Balaban J connectivity index is 2.69. The molecule has 112 valence electrons. The van der Waals surface area contributed by atoms with Crippen molar-refractivity contribution < 1.29 is 22.5 Å². The molecule has 0 spiro atoms. The lowest BCUT2D eigenvalue weighted by Gasteiger charge is -2.02. The molecule has 0 N–H and O–H groups in total. The Morgan fingerprint density at radius 1 is 1.29 bits per heavy atom. The van der Waals surface area contributed by atoms with Crippen LogP contribution in [0.15, 0.2) is 16.9 Å². The van der Waals surface area contributed by atoms with Gasteiger partial charge >= 0.3 is 17.9 Å². The molecule has 2 rings (SSSR count). The summed E-state index contributed by atoms with van der Waals surface area (Å²) in [5, 5.41) is 13.8. The maximum Gasteiger partial charge on any atom is 0.355 e. The minimum atomic E-state index is -3.21. The molecule has 1 heterocycles. The summed E-state index contributed by atoms with van der Waals surface area (Å²) < 4.78 is 52.6. The summed E-state index contributed by atoms with van der Waals surface area (Å²) >= 11 is 0. The maximum atomic E-state index is 13.7. The van der Waals surface area contributed by atoms with Gasteiger partial charge in [-0.3, -0.25) is 10.1 Å². The van der Waals surface area contributed by atoms with Crippen LogP contribution >= 0.6 is 0 Å². The molecule has 2 aromatic rings. The fourth-order valence-electron chi connectivity index (χ4n) is 1.69. The summed E-state index contributed by atoms with van der Waals surface area (Å²) in [6.07, 6.45) is 0. The summed E-state index contributed by atoms with van der Waals surface area (Å²) in [7, 11) is 0. The van der Waals surface area contributed by atoms with Crippen LogP contribution in [0.25, 0.3) is 5.69 Å². The minimum absolute atomic E-state index is 0.0290. The largest absolute Gasteiger partial charge is 0.355 e. The van der Waals surface area contributed by atoms with Gasteiger partial charge in [0.25, 0.3) is 0 Å². The molecule has 1 aromatic heterocycles. The van der Waals surface area contributed by atoms with E-state index in [1.165, 1.54) is 0 Å². The molecular formula is C10H6F4N4O3. The lowest BCUT2D eigenvalue weighted by Crippen LogP contribution is -2.25. The Hall–Kier alpha value is -2.72. The number of aryl methyl sites for hydroxylation is 1. The quantitative estimate of drug-likeness (QED) is 0.493. The van der Waals surface area contributed by atoms with Crippen molar-refractivity contribution in [1.82, 2.24) is 14.3 Å². The molecule has 21 heavy (non-hydrogen) atoms. The van der Waals surface area contributed by atoms with Crippen molar-refractivity contribution in [2.75, 3.05) is 0 Å². The number of nitro groups is 1. The number of nitro benzene ring substituents is 1. The molecule has 0 saturated carbocycles. The fourth-order valence-corrected chi connectivity index (χ4v) is 1.69. The first kappa shape index (κ1) is 14.7. The first-order valence-electron chi connectivity index (χ1n) is 5.34. The molecule has 11 heteroatoms. The molecule has 0 atom stereocenters. The third kappa shape index (κ3) is 2.37. The van der Waals surface area contributed by atoms with E-state index in [0.29, 0.717) is 6.07 Å². The van der Waals surface area contributed by atoms with Crippen molar-refractivity contribution in [3.05, 3.63) is 50.2 Å². The molecule has 0 aliphatic rings. The van der Waals surface area contributed by atoms with E-state index >= 15 is 0 Å². The van der Waals surface area contributed by atoms with Crippen molar-refractivity contribution in [2.45, 2.75) is 13.5 Å². The third-order valence-corrected chi connectivity index (χ3v) is 2.62. The van der Waals surface area contributed by atoms with E-state index in [2.05, 4.69) is 5.10 Å². The number of nitrogens with zero attached hydrogens (tertiary/aromatic N) is 4. The Kier molecular flexibility index (Phi) is 3.49. The maximum absolute atomic E-state index is 13.7. The number of hydrogen-bond acceptors (Lipinski definition) is 4. The second kappa shape index (κ2) is 5.00. The van der Waals surface area contributed by atoms with Crippen LogP contribution in [-0.2, 0) is 0 Å². The van der Waals surface area contributed by atoms with Crippen LogP contribution in [0.1, 0.15) is 12.4 Å². The average Bonchev–Trinajstić information content (AvgIpc) is 2.66. The lowest BCUT2D eigenvalue weighted by molar-refractivity contribution is -0.387. The highest BCUT2D eigenvalue weighted by Crippen LogP contribution is 2.23. The predicted octanol–water partition coefficient (Wildman–Crippen LogP) is 1.92. The molecule has 0 bridgehead atoms. The molecule has 0 unspecified atom stereocenters. The Morgan fingerprint density at radius 2 is 1.90 bits per heavy atom. The Morgan fingerprint density at radius 3 is 2.38 bits per heavy atom. The van der Waals surface area contributed by atoms with E-state index in [1.807, 2.05) is 0 Å². The number of alkyl halides is 2. The smallest absolute Gasteiger partial charge is 0.258 e. The monoisotopic (exact) mass is 306 g/mol. The molecular weight excluding hydrogens is 300 g/mol. The predicted molar refractivity (Wildman–Crippen MR) is 60.4 cm³/mol. The summed E-state index contributed by atoms with van der Waals surface area (Å²) in [6.45, 7) is -2.14. The molecule has 0 radical (unpaired) electrons. The summed E-state index contributed by atoms with van der Waals surface area (Å²) in [4.78, 5) is 21.0. The van der Waals surface area contributed by atoms with E-state index < -0.39 is 46.0 Å². The topological polar surface area (TPSA) is 83.0 Å². The van der Waals surface area contributed by atoms with Gasteiger partial charge in [-0.2, -0.15) is 17.9 Å². The van der Waals surface area contributed by atoms with Crippen LogP contribution in [-0.4, -0.2) is 19.3 Å². The van der Waals surface area contributed by atoms with Gasteiger partial charge in [-0.05, 0) is 6.92 Å². The van der Waals surface area contributed by atoms with Crippen molar-refractivity contribution in [1.29, 1.82) is 0 Å². The van der Waals surface area contributed by atoms with Crippen LogP contribution in [0, 0.1) is 28.7 Å². The molecule has 0 aliphatic carbocycles. The van der Waals surface area contributed by atoms with Gasteiger partial charge in [-0.1, -0.05) is 0 Å². The molecule has 0 saturated heterocycles. The molecule has 1 aromatic carbocycles. The van der Waals surface area contributed by atoms with Gasteiger partial charge < -0.3 is 0 Å². The SMILES string of the molecule is Cc1nn(-c2cc(F)c([N+](=O)[O-])cc2F)c(=O)n1C(F)F. The zero-order valence-electron chi connectivity index (χ0n) is 10.3. The third-order valence-electron chi connectivity index (χ3n) is 2.62. The van der Waals surface area contributed by atoms with Crippen LogP contribution in [0.2, 0.25) is 0 Å². The molecule has 0 aliphatic heterocycles. The van der Waals surface area contributed by atoms with Gasteiger partial charge in [-0.15, -0.1) is 5.10 Å². The second-order valence-electron chi connectivity index (χ2n) is 3.90. The van der Waals surface area contributed by atoms with Crippen LogP contribution in [0.4, 0.5) is 23.2 Å². The molecule has 0 fully saturated rings. The van der Waals surface area contributed by atoms with Crippen LogP contribution < -0.4 is 5.69 Å². The summed E-state index contributed by atoms with van der Waals surface area (Å²) in [5.41, 5.74) is -3.34.